The summed E-state index contributed by atoms with van der Waals surface area (Å²) < 4.78 is 5.48. The van der Waals surface area contributed by atoms with Crippen LogP contribution in [0.4, 0.5) is 0 Å². The van der Waals surface area contributed by atoms with Gasteiger partial charge in [-0.2, -0.15) is 0 Å². The smallest absolute Gasteiger partial charge is 0.0677 e. The van der Waals surface area contributed by atoms with E-state index in [0.29, 0.717) is 6.10 Å². The molecule has 1 saturated carbocycles. The molecule has 2 heteroatoms. The maximum Gasteiger partial charge on any atom is 0.0677 e. The summed E-state index contributed by atoms with van der Waals surface area (Å²) in [5, 5.41) is 0. The molecule has 0 radical (unpaired) electrons. The molecule has 0 aromatic heterocycles. The van der Waals surface area contributed by atoms with E-state index in [2.05, 4.69) is 20.8 Å². The molecule has 14 heavy (non-hydrogen) atoms. The minimum Gasteiger partial charge on any atom is -0.380 e. The number of hydrogen-bond acceptors (Lipinski definition) is 2. The van der Waals surface area contributed by atoms with E-state index < -0.39 is 0 Å². The molecule has 82 valence electrons. The van der Waals surface area contributed by atoms with Gasteiger partial charge in [0.2, 0.25) is 0 Å². The molecule has 1 unspecified atom stereocenters. The Morgan fingerprint density at radius 1 is 1.50 bits per heavy atom. The first-order valence-electron chi connectivity index (χ1n) is 5.69. The summed E-state index contributed by atoms with van der Waals surface area (Å²) in [7, 11) is 1.81. The number of hydrogen-bond donors (Lipinski definition) is 0. The second kappa shape index (κ2) is 4.92. The van der Waals surface area contributed by atoms with Crippen molar-refractivity contribution in [3.05, 3.63) is 0 Å². The van der Waals surface area contributed by atoms with Crippen LogP contribution in [0.2, 0.25) is 0 Å². The van der Waals surface area contributed by atoms with Crippen molar-refractivity contribution in [2.24, 2.45) is 10.4 Å². The topological polar surface area (TPSA) is 21.6 Å². The molecule has 0 aromatic rings. The number of methoxy groups -OCH3 is 1. The van der Waals surface area contributed by atoms with Crippen molar-refractivity contribution in [3.63, 3.8) is 0 Å². The summed E-state index contributed by atoms with van der Waals surface area (Å²) >= 11 is 0. The number of unbranched alkanes of at least 4 members (excludes halogenated alkanes) is 1. The molecule has 0 heterocycles. The first kappa shape index (κ1) is 11.7. The summed E-state index contributed by atoms with van der Waals surface area (Å²) in [4.78, 5) is 4.70. The van der Waals surface area contributed by atoms with E-state index in [1.165, 1.54) is 18.6 Å². The molecule has 0 aromatic carbocycles. The van der Waals surface area contributed by atoms with Crippen molar-refractivity contribution in [2.45, 2.75) is 52.6 Å². The zero-order valence-electron chi connectivity index (χ0n) is 9.97. The summed E-state index contributed by atoms with van der Waals surface area (Å²) in [5.41, 5.74) is 1.51. The standard InChI is InChI=1S/C12H23NO/c1-5-6-9-13-10-7-8-11(14-4)12(10,2)3/h11H,5-9H2,1-4H3. The largest absolute Gasteiger partial charge is 0.380 e. The molecule has 1 aliphatic carbocycles. The molecular weight excluding hydrogens is 174 g/mol. The Bertz CT molecular complexity index is 208. The maximum absolute atomic E-state index is 5.48. The van der Waals surface area contributed by atoms with Gasteiger partial charge in [0, 0.05) is 24.8 Å². The van der Waals surface area contributed by atoms with Gasteiger partial charge in [0.15, 0.2) is 0 Å². The van der Waals surface area contributed by atoms with Crippen molar-refractivity contribution >= 4 is 5.71 Å². The summed E-state index contributed by atoms with van der Waals surface area (Å²) in [6.07, 6.45) is 5.05. The molecule has 0 aliphatic heterocycles. The lowest BCUT2D eigenvalue weighted by Crippen LogP contribution is -2.30. The summed E-state index contributed by atoms with van der Waals surface area (Å²) in [6.45, 7) is 7.70. The van der Waals surface area contributed by atoms with Crippen molar-refractivity contribution in [3.8, 4) is 0 Å². The van der Waals surface area contributed by atoms with Gasteiger partial charge in [-0.3, -0.25) is 4.99 Å². The van der Waals surface area contributed by atoms with Gasteiger partial charge >= 0.3 is 0 Å². The van der Waals surface area contributed by atoms with Gasteiger partial charge in [-0.15, -0.1) is 0 Å². The van der Waals surface area contributed by atoms with Crippen molar-refractivity contribution < 1.29 is 4.74 Å². The quantitative estimate of drug-likeness (QED) is 0.635. The van der Waals surface area contributed by atoms with Crippen LogP contribution >= 0.6 is 0 Å². The molecular formula is C12H23NO. The Kier molecular flexibility index (Phi) is 4.11. The molecule has 0 bridgehead atoms. The normalized spacial score (nSPS) is 28.6. The summed E-state index contributed by atoms with van der Waals surface area (Å²) in [6, 6.07) is 0. The zero-order valence-corrected chi connectivity index (χ0v) is 9.97. The fourth-order valence-corrected chi connectivity index (χ4v) is 2.20. The van der Waals surface area contributed by atoms with Crippen molar-refractivity contribution in [1.82, 2.24) is 0 Å². The van der Waals surface area contributed by atoms with Gasteiger partial charge < -0.3 is 4.74 Å². The average molecular weight is 197 g/mol. The number of nitrogens with zero attached hydrogens (tertiary/aromatic N) is 1. The van der Waals surface area contributed by atoms with Crippen molar-refractivity contribution in [2.75, 3.05) is 13.7 Å². The van der Waals surface area contributed by atoms with Crippen LogP contribution in [-0.4, -0.2) is 25.5 Å². The number of aliphatic imine (C=N–C) groups is 1. The predicted octanol–water partition coefficient (Wildman–Crippen LogP) is 3.06. The average Bonchev–Trinajstić information content (AvgIpc) is 2.42. The maximum atomic E-state index is 5.48. The highest BCUT2D eigenvalue weighted by Crippen LogP contribution is 2.37. The minimum atomic E-state index is 0.155. The Morgan fingerprint density at radius 3 is 2.71 bits per heavy atom. The fraction of sp³-hybridized carbons (Fsp3) is 0.917. The Labute approximate surface area is 87.8 Å². The molecule has 1 atom stereocenters. The lowest BCUT2D eigenvalue weighted by molar-refractivity contribution is 0.0501. The van der Waals surface area contributed by atoms with E-state index in [0.717, 1.165) is 19.4 Å². The fourth-order valence-electron chi connectivity index (χ4n) is 2.20. The third-order valence-corrected chi connectivity index (χ3v) is 3.29. The monoisotopic (exact) mass is 197 g/mol. The highest BCUT2D eigenvalue weighted by molar-refractivity contribution is 5.92. The molecule has 2 nitrogen and oxygen atoms in total. The molecule has 1 rings (SSSR count). The highest BCUT2D eigenvalue weighted by Gasteiger charge is 2.40. The molecule has 0 saturated heterocycles. The van der Waals surface area contributed by atoms with Crippen LogP contribution in [-0.2, 0) is 4.74 Å². The van der Waals surface area contributed by atoms with E-state index in [1.807, 2.05) is 0 Å². The number of rotatable bonds is 4. The van der Waals surface area contributed by atoms with Crippen LogP contribution in [0.5, 0.6) is 0 Å². The zero-order chi connectivity index (χ0) is 10.6. The second-order valence-corrected chi connectivity index (χ2v) is 4.67. The van der Waals surface area contributed by atoms with Crippen LogP contribution in [0.15, 0.2) is 4.99 Å². The van der Waals surface area contributed by atoms with Gasteiger partial charge in [-0.1, -0.05) is 27.2 Å². The first-order valence-corrected chi connectivity index (χ1v) is 5.69. The van der Waals surface area contributed by atoms with Crippen molar-refractivity contribution in [1.29, 1.82) is 0 Å². The molecule has 1 fully saturated rings. The second-order valence-electron chi connectivity index (χ2n) is 4.67. The molecule has 0 spiro atoms. The summed E-state index contributed by atoms with van der Waals surface area (Å²) in [5.74, 6) is 0. The van der Waals surface area contributed by atoms with Gasteiger partial charge in [0.25, 0.3) is 0 Å². The Balaban J connectivity index is 2.59. The van der Waals surface area contributed by atoms with Crippen LogP contribution in [0.25, 0.3) is 0 Å². The van der Waals surface area contributed by atoms with Gasteiger partial charge in [0.05, 0.1) is 6.10 Å². The van der Waals surface area contributed by atoms with E-state index in [4.69, 9.17) is 9.73 Å². The molecule has 0 N–H and O–H groups in total. The third-order valence-electron chi connectivity index (χ3n) is 3.29. The van der Waals surface area contributed by atoms with Gasteiger partial charge in [-0.25, -0.2) is 0 Å². The van der Waals surface area contributed by atoms with Gasteiger partial charge in [0.1, 0.15) is 0 Å². The SMILES string of the molecule is CCCCN=C1CCC(OC)C1(C)C. The lowest BCUT2D eigenvalue weighted by atomic mass is 9.87. The van der Waals surface area contributed by atoms with Crippen LogP contribution < -0.4 is 0 Å². The Morgan fingerprint density at radius 2 is 2.21 bits per heavy atom. The van der Waals surface area contributed by atoms with Crippen LogP contribution in [0.1, 0.15) is 46.5 Å². The lowest BCUT2D eigenvalue weighted by Gasteiger charge is -2.26. The van der Waals surface area contributed by atoms with Crippen LogP contribution in [0, 0.1) is 5.41 Å². The molecule has 0 amide bonds. The van der Waals surface area contributed by atoms with E-state index >= 15 is 0 Å². The van der Waals surface area contributed by atoms with E-state index in [1.54, 1.807) is 7.11 Å². The third kappa shape index (κ3) is 2.35. The number of ether oxygens (including phenoxy) is 1. The first-order chi connectivity index (χ1) is 6.62. The highest BCUT2D eigenvalue weighted by atomic mass is 16.5. The van der Waals surface area contributed by atoms with Gasteiger partial charge in [-0.05, 0) is 19.3 Å². The molecule has 1 aliphatic rings. The predicted molar refractivity (Wildman–Crippen MR) is 61.0 cm³/mol. The van der Waals surface area contributed by atoms with E-state index in [-0.39, 0.29) is 5.41 Å². The Hall–Kier alpha value is -0.370. The minimum absolute atomic E-state index is 0.155. The van der Waals surface area contributed by atoms with E-state index in [9.17, 15) is 0 Å². The van der Waals surface area contributed by atoms with Crippen LogP contribution in [0.3, 0.4) is 0 Å².